The molecule has 0 spiro atoms. The van der Waals surface area contributed by atoms with Crippen LogP contribution in [-0.2, 0) is 16.0 Å². The number of hydrogen-bond acceptors (Lipinski definition) is 4. The molecule has 0 radical (unpaired) electrons. The van der Waals surface area contributed by atoms with Crippen molar-refractivity contribution in [2.75, 3.05) is 39.3 Å². The number of rotatable bonds is 4. The highest BCUT2D eigenvalue weighted by Crippen LogP contribution is 2.23. The molecule has 2 fully saturated rings. The van der Waals surface area contributed by atoms with Crippen LogP contribution in [0.25, 0.3) is 0 Å². The Morgan fingerprint density at radius 3 is 1.97 bits per heavy atom. The Hall–Kier alpha value is -2.57. The first-order valence-corrected chi connectivity index (χ1v) is 11.8. The van der Waals surface area contributed by atoms with Crippen molar-refractivity contribution in [3.05, 3.63) is 35.4 Å². The number of aryl methyl sites for hydroxylation is 1. The molecule has 2 aliphatic heterocycles. The minimum atomic E-state index is -0.494. The third-order valence-electron chi connectivity index (χ3n) is 6.26. The highest BCUT2D eigenvalue weighted by Gasteiger charge is 2.30. The third-order valence-corrected chi connectivity index (χ3v) is 6.26. The van der Waals surface area contributed by atoms with Gasteiger partial charge in [-0.25, -0.2) is 4.79 Å². The van der Waals surface area contributed by atoms with Gasteiger partial charge in [-0.15, -0.1) is 0 Å². The van der Waals surface area contributed by atoms with E-state index in [0.717, 1.165) is 19.3 Å². The second kappa shape index (κ2) is 10.4. The van der Waals surface area contributed by atoms with Gasteiger partial charge in [-0.1, -0.05) is 19.1 Å². The van der Waals surface area contributed by atoms with Gasteiger partial charge in [0.25, 0.3) is 5.91 Å². The third kappa shape index (κ3) is 6.47. The summed E-state index contributed by atoms with van der Waals surface area (Å²) in [6.45, 7) is 11.2. The van der Waals surface area contributed by atoms with Crippen molar-refractivity contribution < 1.29 is 19.1 Å². The lowest BCUT2D eigenvalue weighted by Gasteiger charge is -2.37. The summed E-state index contributed by atoms with van der Waals surface area (Å²) in [5.74, 6) is 0.479. The van der Waals surface area contributed by atoms with E-state index in [2.05, 4.69) is 6.92 Å². The molecule has 0 saturated carbocycles. The van der Waals surface area contributed by atoms with Crippen LogP contribution in [0.5, 0.6) is 0 Å². The van der Waals surface area contributed by atoms with Gasteiger partial charge in [0.15, 0.2) is 0 Å². The van der Waals surface area contributed by atoms with Gasteiger partial charge in [0.1, 0.15) is 5.60 Å². The van der Waals surface area contributed by atoms with Crippen LogP contribution in [0.2, 0.25) is 0 Å². The maximum atomic E-state index is 12.8. The first-order valence-electron chi connectivity index (χ1n) is 11.8. The Morgan fingerprint density at radius 2 is 1.44 bits per heavy atom. The summed E-state index contributed by atoms with van der Waals surface area (Å²) in [5, 5.41) is 0. The Kier molecular flexibility index (Phi) is 7.80. The summed E-state index contributed by atoms with van der Waals surface area (Å²) >= 11 is 0. The van der Waals surface area contributed by atoms with Gasteiger partial charge in [-0.2, -0.15) is 0 Å². The number of likely N-dealkylation sites (tertiary alicyclic amines) is 1. The van der Waals surface area contributed by atoms with E-state index in [0.29, 0.717) is 51.3 Å². The maximum Gasteiger partial charge on any atom is 0.410 e. The quantitative estimate of drug-likeness (QED) is 0.713. The van der Waals surface area contributed by atoms with Crippen molar-refractivity contribution in [2.45, 2.75) is 59.0 Å². The summed E-state index contributed by atoms with van der Waals surface area (Å²) < 4.78 is 5.44. The number of piperidine rings is 1. The molecule has 2 saturated heterocycles. The Bertz CT molecular complexity index is 799. The smallest absolute Gasteiger partial charge is 0.410 e. The second-order valence-corrected chi connectivity index (χ2v) is 9.84. The minimum Gasteiger partial charge on any atom is -0.444 e. The summed E-state index contributed by atoms with van der Waals surface area (Å²) in [7, 11) is 0. The van der Waals surface area contributed by atoms with Crippen molar-refractivity contribution in [1.29, 1.82) is 0 Å². The molecule has 0 bridgehead atoms. The van der Waals surface area contributed by atoms with Gasteiger partial charge >= 0.3 is 6.09 Å². The molecule has 32 heavy (non-hydrogen) atoms. The molecule has 3 rings (SSSR count). The van der Waals surface area contributed by atoms with Gasteiger partial charge in [0.2, 0.25) is 5.91 Å². The van der Waals surface area contributed by atoms with E-state index in [9.17, 15) is 14.4 Å². The molecule has 1 aromatic carbocycles. The van der Waals surface area contributed by atoms with Crippen molar-refractivity contribution >= 4 is 17.9 Å². The van der Waals surface area contributed by atoms with Gasteiger partial charge in [-0.3, -0.25) is 9.59 Å². The molecular formula is C25H37N3O4. The lowest BCUT2D eigenvalue weighted by Crippen LogP contribution is -2.51. The molecule has 7 nitrogen and oxygen atoms in total. The molecule has 0 aliphatic carbocycles. The number of carbonyl (C=O) groups is 3. The number of piperazine rings is 1. The van der Waals surface area contributed by atoms with Crippen molar-refractivity contribution in [3.63, 3.8) is 0 Å². The van der Waals surface area contributed by atoms with Gasteiger partial charge in [-0.05, 0) is 63.6 Å². The number of hydrogen-bond donors (Lipinski definition) is 0. The molecule has 0 N–H and O–H groups in total. The largest absolute Gasteiger partial charge is 0.444 e. The zero-order valence-corrected chi connectivity index (χ0v) is 19.9. The molecule has 2 heterocycles. The fourth-order valence-corrected chi connectivity index (χ4v) is 4.25. The lowest BCUT2D eigenvalue weighted by atomic mass is 9.93. The predicted molar refractivity (Wildman–Crippen MR) is 123 cm³/mol. The zero-order chi connectivity index (χ0) is 23.3. The summed E-state index contributed by atoms with van der Waals surface area (Å²) in [6.07, 6.45) is 2.82. The van der Waals surface area contributed by atoms with Crippen LogP contribution < -0.4 is 0 Å². The van der Waals surface area contributed by atoms with Crippen molar-refractivity contribution in [1.82, 2.24) is 14.7 Å². The zero-order valence-electron chi connectivity index (χ0n) is 19.9. The SMILES string of the molecule is CCc1ccc(C(=O)N2CCN(C(=O)CC3CCN(C(=O)OC(C)(C)C)CC3)CC2)cc1. The first-order chi connectivity index (χ1) is 15.2. The van der Waals surface area contributed by atoms with E-state index in [4.69, 9.17) is 4.74 Å². The van der Waals surface area contributed by atoms with Gasteiger partial charge in [0, 0.05) is 51.3 Å². The standard InChI is InChI=1S/C25H37N3O4/c1-5-19-6-8-21(9-7-19)23(30)27-16-14-26(15-17-27)22(29)18-20-10-12-28(13-11-20)24(31)32-25(2,3)4/h6-9,20H,5,10-18H2,1-4H3. The lowest BCUT2D eigenvalue weighted by molar-refractivity contribution is -0.134. The van der Waals surface area contributed by atoms with E-state index in [1.807, 2.05) is 54.8 Å². The van der Waals surface area contributed by atoms with Crippen molar-refractivity contribution in [3.8, 4) is 0 Å². The molecule has 0 aromatic heterocycles. The van der Waals surface area contributed by atoms with E-state index < -0.39 is 5.60 Å². The second-order valence-electron chi connectivity index (χ2n) is 9.84. The number of benzene rings is 1. The van der Waals surface area contributed by atoms with Crippen LogP contribution in [0.3, 0.4) is 0 Å². The Morgan fingerprint density at radius 1 is 0.875 bits per heavy atom. The molecule has 7 heteroatoms. The van der Waals surface area contributed by atoms with E-state index in [-0.39, 0.29) is 23.8 Å². The average molecular weight is 444 g/mol. The number of ether oxygens (including phenoxy) is 1. The van der Waals surface area contributed by atoms with Crippen LogP contribution in [0.1, 0.15) is 62.9 Å². The molecule has 1 aromatic rings. The molecule has 0 atom stereocenters. The summed E-state index contributed by atoms with van der Waals surface area (Å²) in [5.41, 5.74) is 1.43. The normalized spacial score (nSPS) is 17.9. The van der Waals surface area contributed by atoms with Crippen LogP contribution in [0, 0.1) is 5.92 Å². The number of carbonyl (C=O) groups excluding carboxylic acids is 3. The summed E-state index contributed by atoms with van der Waals surface area (Å²) in [6, 6.07) is 7.78. The number of amides is 3. The van der Waals surface area contributed by atoms with E-state index in [1.165, 1.54) is 5.56 Å². The highest BCUT2D eigenvalue weighted by atomic mass is 16.6. The minimum absolute atomic E-state index is 0.0364. The molecule has 0 unspecified atom stereocenters. The topological polar surface area (TPSA) is 70.2 Å². The van der Waals surface area contributed by atoms with E-state index in [1.54, 1.807) is 4.90 Å². The van der Waals surface area contributed by atoms with Crippen LogP contribution in [-0.4, -0.2) is 77.5 Å². The monoisotopic (exact) mass is 443 g/mol. The van der Waals surface area contributed by atoms with Crippen molar-refractivity contribution in [2.24, 2.45) is 5.92 Å². The average Bonchev–Trinajstić information content (AvgIpc) is 2.78. The Balaban J connectivity index is 1.41. The van der Waals surface area contributed by atoms with Gasteiger partial charge in [0.05, 0.1) is 0 Å². The van der Waals surface area contributed by atoms with Gasteiger partial charge < -0.3 is 19.4 Å². The summed E-state index contributed by atoms with van der Waals surface area (Å²) in [4.78, 5) is 43.2. The molecule has 2 aliphatic rings. The molecule has 176 valence electrons. The van der Waals surface area contributed by atoms with Crippen LogP contribution in [0.15, 0.2) is 24.3 Å². The number of nitrogens with zero attached hydrogens (tertiary/aromatic N) is 3. The molecule has 3 amide bonds. The molecular weight excluding hydrogens is 406 g/mol. The highest BCUT2D eigenvalue weighted by molar-refractivity contribution is 5.94. The Labute approximate surface area is 191 Å². The van der Waals surface area contributed by atoms with E-state index >= 15 is 0 Å². The fourth-order valence-electron chi connectivity index (χ4n) is 4.25. The first kappa shape index (κ1) is 24.1. The van der Waals surface area contributed by atoms with Crippen LogP contribution in [0.4, 0.5) is 4.79 Å². The maximum absolute atomic E-state index is 12.8. The fraction of sp³-hybridized carbons (Fsp3) is 0.640. The predicted octanol–water partition coefficient (Wildman–Crippen LogP) is 3.57. The van der Waals surface area contributed by atoms with Crippen LogP contribution >= 0.6 is 0 Å².